The molecule has 31 heavy (non-hydrogen) atoms. The van der Waals surface area contributed by atoms with Gasteiger partial charge in [-0.15, -0.1) is 11.3 Å². The second kappa shape index (κ2) is 7.94. The van der Waals surface area contributed by atoms with Crippen LogP contribution in [0.25, 0.3) is 26.1 Å². The largest absolute Gasteiger partial charge is 0.462 e. The predicted molar refractivity (Wildman–Crippen MR) is 125 cm³/mol. The van der Waals surface area contributed by atoms with E-state index in [2.05, 4.69) is 16.8 Å². The number of para-hydroxylation sites is 1. The Hall–Kier alpha value is -2.97. The first-order chi connectivity index (χ1) is 15.1. The van der Waals surface area contributed by atoms with Crippen LogP contribution in [0.5, 0.6) is 0 Å². The van der Waals surface area contributed by atoms with Crippen molar-refractivity contribution in [2.75, 3.05) is 44.7 Å². The van der Waals surface area contributed by atoms with Gasteiger partial charge in [-0.3, -0.25) is 9.20 Å². The molecule has 7 nitrogen and oxygen atoms in total. The zero-order valence-corrected chi connectivity index (χ0v) is 18.4. The molecule has 1 aliphatic rings. The van der Waals surface area contributed by atoms with Crippen LogP contribution < -0.4 is 10.3 Å². The van der Waals surface area contributed by atoms with Gasteiger partial charge in [0.25, 0.3) is 0 Å². The van der Waals surface area contributed by atoms with Crippen LogP contribution in [-0.2, 0) is 4.74 Å². The van der Waals surface area contributed by atoms with E-state index >= 15 is 0 Å². The Bertz CT molecular complexity index is 1360. The standard InChI is InChI=1S/C23H24N4O3S/c1-3-30-23(29)19-20(28)15-9-10-18(26-12-6-11-25(2)13-14-26)24-21(15)27-16-7-4-5-8-17(16)31-22(19)27/h4-5,7-10H,3,6,11-14H2,1-2H3. The number of hydrogen-bond donors (Lipinski definition) is 0. The summed E-state index contributed by atoms with van der Waals surface area (Å²) in [5.41, 5.74) is 1.27. The van der Waals surface area contributed by atoms with Crippen molar-refractivity contribution in [3.05, 3.63) is 52.2 Å². The summed E-state index contributed by atoms with van der Waals surface area (Å²) >= 11 is 1.42. The fourth-order valence-electron chi connectivity index (χ4n) is 4.21. The van der Waals surface area contributed by atoms with Crippen LogP contribution in [0.15, 0.2) is 41.2 Å². The Balaban J connectivity index is 1.80. The highest BCUT2D eigenvalue weighted by atomic mass is 32.1. The molecule has 0 saturated carbocycles. The molecule has 0 atom stereocenters. The third-order valence-electron chi connectivity index (χ3n) is 5.80. The van der Waals surface area contributed by atoms with Gasteiger partial charge in [0.2, 0.25) is 5.43 Å². The number of ether oxygens (including phenoxy) is 1. The van der Waals surface area contributed by atoms with Crippen LogP contribution in [0.3, 0.4) is 0 Å². The van der Waals surface area contributed by atoms with Gasteiger partial charge >= 0.3 is 5.97 Å². The number of aromatic nitrogens is 2. The van der Waals surface area contributed by atoms with Crippen LogP contribution in [-0.4, -0.2) is 60.1 Å². The maximum absolute atomic E-state index is 13.4. The Labute approximate surface area is 183 Å². The molecule has 0 N–H and O–H groups in total. The number of anilines is 1. The number of likely N-dealkylation sites (N-methyl/N-ethyl adjacent to an activating group) is 1. The second-order valence-electron chi connectivity index (χ2n) is 7.82. The molecule has 1 aliphatic heterocycles. The molecule has 0 radical (unpaired) electrons. The average molecular weight is 437 g/mol. The van der Waals surface area contributed by atoms with Gasteiger partial charge in [-0.2, -0.15) is 0 Å². The molecule has 0 bridgehead atoms. The van der Waals surface area contributed by atoms with E-state index in [0.29, 0.717) is 15.9 Å². The maximum atomic E-state index is 13.4. The smallest absolute Gasteiger partial charge is 0.345 e. The van der Waals surface area contributed by atoms with Crippen molar-refractivity contribution in [1.82, 2.24) is 14.3 Å². The highest BCUT2D eigenvalue weighted by molar-refractivity contribution is 7.24. The van der Waals surface area contributed by atoms with E-state index in [0.717, 1.165) is 48.6 Å². The number of rotatable bonds is 3. The molecular weight excluding hydrogens is 412 g/mol. The van der Waals surface area contributed by atoms with Crippen molar-refractivity contribution in [3.63, 3.8) is 0 Å². The number of fused-ring (bicyclic) bond motifs is 5. The van der Waals surface area contributed by atoms with Gasteiger partial charge in [0.05, 0.1) is 22.2 Å². The molecule has 0 unspecified atom stereocenters. The third kappa shape index (κ3) is 3.36. The Morgan fingerprint density at radius 2 is 1.97 bits per heavy atom. The number of pyridine rings is 2. The van der Waals surface area contributed by atoms with E-state index in [-0.39, 0.29) is 17.6 Å². The van der Waals surface area contributed by atoms with Crippen LogP contribution in [0, 0.1) is 0 Å². The Morgan fingerprint density at radius 3 is 2.81 bits per heavy atom. The van der Waals surface area contributed by atoms with E-state index in [1.54, 1.807) is 13.0 Å². The fourth-order valence-corrected chi connectivity index (χ4v) is 5.39. The number of benzene rings is 1. The summed E-state index contributed by atoms with van der Waals surface area (Å²) < 4.78 is 8.16. The fraction of sp³-hybridized carbons (Fsp3) is 0.348. The Kier molecular flexibility index (Phi) is 5.11. The van der Waals surface area contributed by atoms with Gasteiger partial charge < -0.3 is 14.5 Å². The summed E-state index contributed by atoms with van der Waals surface area (Å²) in [5.74, 6) is 0.272. The van der Waals surface area contributed by atoms with Crippen LogP contribution in [0.2, 0.25) is 0 Å². The predicted octanol–water partition coefficient (Wildman–Crippen LogP) is 3.38. The summed E-state index contributed by atoms with van der Waals surface area (Å²) in [4.78, 5) is 36.2. The molecule has 8 heteroatoms. The van der Waals surface area contributed by atoms with Crippen molar-refractivity contribution in [2.45, 2.75) is 13.3 Å². The number of thiazole rings is 1. The lowest BCUT2D eigenvalue weighted by Crippen LogP contribution is -2.29. The highest BCUT2D eigenvalue weighted by Crippen LogP contribution is 2.31. The first-order valence-corrected chi connectivity index (χ1v) is 11.4. The monoisotopic (exact) mass is 436 g/mol. The summed E-state index contributed by atoms with van der Waals surface area (Å²) in [6, 6.07) is 11.6. The van der Waals surface area contributed by atoms with E-state index < -0.39 is 5.97 Å². The normalized spacial score (nSPS) is 15.6. The number of hydrogen-bond acceptors (Lipinski definition) is 7. The van der Waals surface area contributed by atoms with Gasteiger partial charge in [-0.1, -0.05) is 12.1 Å². The molecule has 0 aliphatic carbocycles. The lowest BCUT2D eigenvalue weighted by molar-refractivity contribution is 0.0527. The second-order valence-corrected chi connectivity index (χ2v) is 8.85. The van der Waals surface area contributed by atoms with Gasteiger partial charge in [-0.25, -0.2) is 9.78 Å². The first-order valence-electron chi connectivity index (χ1n) is 10.6. The topological polar surface area (TPSA) is 67.2 Å². The molecule has 4 aromatic rings. The molecule has 3 aromatic heterocycles. The lowest BCUT2D eigenvalue weighted by atomic mass is 10.2. The molecule has 4 heterocycles. The molecule has 0 amide bonds. The van der Waals surface area contributed by atoms with E-state index in [1.807, 2.05) is 34.7 Å². The van der Waals surface area contributed by atoms with Crippen molar-refractivity contribution >= 4 is 49.2 Å². The molecule has 5 rings (SSSR count). The molecule has 0 spiro atoms. The van der Waals surface area contributed by atoms with Crippen LogP contribution >= 0.6 is 11.3 Å². The summed E-state index contributed by atoms with van der Waals surface area (Å²) in [7, 11) is 2.13. The van der Waals surface area contributed by atoms with E-state index in [9.17, 15) is 9.59 Å². The Morgan fingerprint density at radius 1 is 1.13 bits per heavy atom. The van der Waals surface area contributed by atoms with Gasteiger partial charge in [0.15, 0.2) is 5.65 Å². The molecule has 1 aromatic carbocycles. The molecule has 1 fully saturated rings. The molecule has 160 valence electrons. The number of nitrogens with zero attached hydrogens (tertiary/aromatic N) is 4. The van der Waals surface area contributed by atoms with Gasteiger partial charge in [0, 0.05) is 19.6 Å². The minimum atomic E-state index is -0.585. The highest BCUT2D eigenvalue weighted by Gasteiger charge is 2.24. The summed E-state index contributed by atoms with van der Waals surface area (Å²) in [6.45, 7) is 5.80. The lowest BCUT2D eigenvalue weighted by Gasteiger charge is -2.22. The number of carbonyl (C=O) groups is 1. The average Bonchev–Trinajstić information content (AvgIpc) is 3.01. The van der Waals surface area contributed by atoms with Crippen LogP contribution in [0.1, 0.15) is 23.7 Å². The SMILES string of the molecule is CCOC(=O)c1c(=O)c2ccc(N3CCCN(C)CC3)nc2n2c1sc1ccccc12. The van der Waals surface area contributed by atoms with Gasteiger partial charge in [-0.05, 0) is 51.2 Å². The van der Waals surface area contributed by atoms with Crippen molar-refractivity contribution < 1.29 is 9.53 Å². The third-order valence-corrected chi connectivity index (χ3v) is 6.94. The molecule has 1 saturated heterocycles. The first kappa shape index (κ1) is 20.0. The number of esters is 1. The summed E-state index contributed by atoms with van der Waals surface area (Å²) in [5, 5.41) is 0.430. The molecular formula is C23H24N4O3S. The zero-order chi connectivity index (χ0) is 21.5. The number of carbonyl (C=O) groups excluding carboxylic acids is 1. The minimum absolute atomic E-state index is 0.0847. The summed E-state index contributed by atoms with van der Waals surface area (Å²) in [6.07, 6.45) is 1.06. The van der Waals surface area contributed by atoms with E-state index in [1.165, 1.54) is 11.3 Å². The van der Waals surface area contributed by atoms with Gasteiger partial charge in [0.1, 0.15) is 16.2 Å². The quantitative estimate of drug-likeness (QED) is 0.459. The minimum Gasteiger partial charge on any atom is -0.462 e. The van der Waals surface area contributed by atoms with Crippen molar-refractivity contribution in [2.24, 2.45) is 0 Å². The van der Waals surface area contributed by atoms with Crippen LogP contribution in [0.4, 0.5) is 5.82 Å². The maximum Gasteiger partial charge on any atom is 0.345 e. The zero-order valence-electron chi connectivity index (χ0n) is 17.6. The van der Waals surface area contributed by atoms with Crippen molar-refractivity contribution in [3.8, 4) is 0 Å². The van der Waals surface area contributed by atoms with E-state index in [4.69, 9.17) is 9.72 Å². The van der Waals surface area contributed by atoms with Crippen molar-refractivity contribution in [1.29, 1.82) is 0 Å².